The van der Waals surface area contributed by atoms with Crippen molar-refractivity contribution in [3.8, 4) is 22.7 Å². The molecule has 6 nitrogen and oxygen atoms in total. The highest BCUT2D eigenvalue weighted by atomic mass is 79.9. The highest BCUT2D eigenvalue weighted by Gasteiger charge is 2.12. The van der Waals surface area contributed by atoms with Gasteiger partial charge in [-0.25, -0.2) is 10.1 Å². The van der Waals surface area contributed by atoms with Crippen molar-refractivity contribution in [2.75, 3.05) is 0 Å². The van der Waals surface area contributed by atoms with Gasteiger partial charge in [0.05, 0.1) is 11.9 Å². The summed E-state index contributed by atoms with van der Waals surface area (Å²) in [5, 5.41) is 9.01. The van der Waals surface area contributed by atoms with E-state index in [1.165, 1.54) is 0 Å². The molecule has 5 rings (SSSR count). The number of para-hydroxylation sites is 1. The van der Waals surface area contributed by atoms with Crippen molar-refractivity contribution in [3.63, 3.8) is 0 Å². The number of carbonyl (C=O) groups excluding carboxylic acids is 1. The fraction of sp³-hybridized carbons (Fsp3) is 0.0333. The second-order valence-corrected chi connectivity index (χ2v) is 9.14. The lowest BCUT2D eigenvalue weighted by Gasteiger charge is -2.07. The molecule has 0 aliphatic heterocycles. The fourth-order valence-electron chi connectivity index (χ4n) is 3.72. The molecule has 1 heterocycles. The van der Waals surface area contributed by atoms with Gasteiger partial charge in [0.2, 0.25) is 0 Å². The zero-order valence-electron chi connectivity index (χ0n) is 19.8. The Morgan fingerprint density at radius 3 is 2.38 bits per heavy atom. The quantitative estimate of drug-likeness (QED) is 0.174. The van der Waals surface area contributed by atoms with E-state index in [-0.39, 0.29) is 5.91 Å². The molecule has 182 valence electrons. The van der Waals surface area contributed by atoms with Crippen LogP contribution in [0.4, 0.5) is 0 Å². The minimum atomic E-state index is -0.297. The molecule has 1 amide bonds. The molecule has 0 unspecified atom stereocenters. The second-order valence-electron chi connectivity index (χ2n) is 8.22. The van der Waals surface area contributed by atoms with Gasteiger partial charge < -0.3 is 4.74 Å². The average Bonchev–Trinajstić information content (AvgIpc) is 3.37. The van der Waals surface area contributed by atoms with Gasteiger partial charge in [-0.2, -0.15) is 10.2 Å². The van der Waals surface area contributed by atoms with Gasteiger partial charge in [-0.05, 0) is 60.2 Å². The van der Waals surface area contributed by atoms with Gasteiger partial charge in [-0.3, -0.25) is 4.79 Å². The summed E-state index contributed by atoms with van der Waals surface area (Å²) < 4.78 is 8.55. The smallest absolute Gasteiger partial charge is 0.271 e. The molecule has 0 spiro atoms. The van der Waals surface area contributed by atoms with Gasteiger partial charge >= 0.3 is 0 Å². The third-order valence-corrected chi connectivity index (χ3v) is 6.09. The maximum absolute atomic E-state index is 12.5. The van der Waals surface area contributed by atoms with Crippen LogP contribution in [0.1, 0.15) is 21.5 Å². The first kappa shape index (κ1) is 24.2. The highest BCUT2D eigenvalue weighted by Crippen LogP contribution is 2.25. The molecular weight excluding hydrogens is 528 g/mol. The lowest BCUT2D eigenvalue weighted by atomic mass is 10.1. The third kappa shape index (κ3) is 6.20. The first-order valence-corrected chi connectivity index (χ1v) is 12.5. The van der Waals surface area contributed by atoms with Gasteiger partial charge in [0.15, 0.2) is 0 Å². The number of nitrogens with one attached hydrogen (secondary N) is 1. The number of benzene rings is 4. The molecule has 1 aromatic heterocycles. The zero-order valence-corrected chi connectivity index (χ0v) is 21.4. The summed E-state index contributed by atoms with van der Waals surface area (Å²) in [6.45, 7) is 0.498. The van der Waals surface area contributed by atoms with Crippen molar-refractivity contribution in [1.29, 1.82) is 0 Å². The van der Waals surface area contributed by atoms with E-state index in [0.717, 1.165) is 38.3 Å². The van der Waals surface area contributed by atoms with Gasteiger partial charge in [-0.15, -0.1) is 0 Å². The van der Waals surface area contributed by atoms with E-state index in [4.69, 9.17) is 9.84 Å². The molecule has 5 aromatic rings. The van der Waals surface area contributed by atoms with Crippen molar-refractivity contribution >= 4 is 28.1 Å². The number of amides is 1. The number of hydrogen-bond acceptors (Lipinski definition) is 4. The van der Waals surface area contributed by atoms with Crippen LogP contribution in [0.3, 0.4) is 0 Å². The van der Waals surface area contributed by atoms with E-state index >= 15 is 0 Å². The summed E-state index contributed by atoms with van der Waals surface area (Å²) in [5.74, 6) is 0.473. The van der Waals surface area contributed by atoms with Crippen molar-refractivity contribution in [2.45, 2.75) is 6.61 Å². The maximum atomic E-state index is 12.5. The van der Waals surface area contributed by atoms with Crippen LogP contribution in [0.2, 0.25) is 0 Å². The molecule has 37 heavy (non-hydrogen) atoms. The highest BCUT2D eigenvalue weighted by molar-refractivity contribution is 9.10. The van der Waals surface area contributed by atoms with Crippen LogP contribution in [0.25, 0.3) is 16.9 Å². The molecule has 0 aliphatic carbocycles. The Morgan fingerprint density at radius 1 is 0.919 bits per heavy atom. The minimum Gasteiger partial charge on any atom is -0.489 e. The van der Waals surface area contributed by atoms with E-state index in [0.29, 0.717) is 12.2 Å². The van der Waals surface area contributed by atoms with Crippen molar-refractivity contribution in [3.05, 3.63) is 137 Å². The van der Waals surface area contributed by atoms with Crippen molar-refractivity contribution in [2.24, 2.45) is 5.10 Å². The van der Waals surface area contributed by atoms with Crippen LogP contribution < -0.4 is 10.2 Å². The van der Waals surface area contributed by atoms with Gasteiger partial charge in [0, 0.05) is 27.4 Å². The van der Waals surface area contributed by atoms with Crippen LogP contribution in [-0.2, 0) is 6.61 Å². The van der Waals surface area contributed by atoms with Crippen molar-refractivity contribution in [1.82, 2.24) is 15.2 Å². The molecule has 0 fully saturated rings. The maximum Gasteiger partial charge on any atom is 0.271 e. The Kier molecular flexibility index (Phi) is 7.52. The molecule has 0 saturated heterocycles. The summed E-state index contributed by atoms with van der Waals surface area (Å²) in [5.41, 5.74) is 7.54. The molecule has 4 aromatic carbocycles. The van der Waals surface area contributed by atoms with Crippen LogP contribution in [0.5, 0.6) is 5.75 Å². The van der Waals surface area contributed by atoms with Gasteiger partial charge in [0.25, 0.3) is 5.91 Å². The topological polar surface area (TPSA) is 68.5 Å². The largest absolute Gasteiger partial charge is 0.489 e. The monoisotopic (exact) mass is 550 g/mol. The molecule has 1 N–H and O–H groups in total. The van der Waals surface area contributed by atoms with Crippen molar-refractivity contribution < 1.29 is 9.53 Å². The standard InChI is InChI=1S/C30H23BrN4O2/c31-26-11-7-10-24(18-26)30(36)33-32-19-25-20-35(27-12-5-2-6-13-27)34-29(25)23-14-16-28(17-15-23)37-21-22-8-3-1-4-9-22/h1-20H,21H2,(H,33,36)/b32-19-. The Hall–Kier alpha value is -4.49. The van der Waals surface area contributed by atoms with Gasteiger partial charge in [-0.1, -0.05) is 70.5 Å². The molecule has 0 bridgehead atoms. The van der Waals surface area contributed by atoms with Crippen LogP contribution in [0, 0.1) is 0 Å². The Bertz CT molecular complexity index is 1510. The number of hydrogen-bond donors (Lipinski definition) is 1. The Labute approximate surface area is 223 Å². The van der Waals surface area contributed by atoms with Crippen LogP contribution in [-0.4, -0.2) is 21.9 Å². The summed E-state index contributed by atoms with van der Waals surface area (Å²) >= 11 is 3.38. The number of rotatable bonds is 8. The molecule has 0 radical (unpaired) electrons. The predicted octanol–water partition coefficient (Wildman–Crippen LogP) is 6.64. The Morgan fingerprint density at radius 2 is 1.65 bits per heavy atom. The minimum absolute atomic E-state index is 0.297. The van der Waals surface area contributed by atoms with E-state index in [1.54, 1.807) is 29.1 Å². The number of ether oxygens (including phenoxy) is 1. The van der Waals surface area contributed by atoms with Crippen LogP contribution >= 0.6 is 15.9 Å². The van der Waals surface area contributed by atoms with E-state index in [9.17, 15) is 4.79 Å². The molecule has 0 atom stereocenters. The first-order valence-electron chi connectivity index (χ1n) is 11.7. The summed E-state index contributed by atoms with van der Waals surface area (Å²) in [6.07, 6.45) is 3.50. The molecule has 7 heteroatoms. The molecule has 0 saturated carbocycles. The number of aromatic nitrogens is 2. The molecular formula is C30H23BrN4O2. The fourth-order valence-corrected chi connectivity index (χ4v) is 4.12. The Balaban J connectivity index is 1.37. The summed E-state index contributed by atoms with van der Waals surface area (Å²) in [7, 11) is 0. The average molecular weight is 551 g/mol. The third-order valence-electron chi connectivity index (χ3n) is 5.60. The lowest BCUT2D eigenvalue weighted by Crippen LogP contribution is -2.17. The zero-order chi connectivity index (χ0) is 25.5. The summed E-state index contributed by atoms with van der Waals surface area (Å²) in [4.78, 5) is 12.5. The number of nitrogens with zero attached hydrogens (tertiary/aromatic N) is 3. The predicted molar refractivity (Wildman–Crippen MR) is 149 cm³/mol. The van der Waals surface area contributed by atoms with E-state index in [2.05, 4.69) is 26.5 Å². The van der Waals surface area contributed by atoms with E-state index < -0.39 is 0 Å². The SMILES string of the molecule is O=C(N/N=C\c1cn(-c2ccccc2)nc1-c1ccc(OCc2ccccc2)cc1)c1cccc(Br)c1. The first-order chi connectivity index (χ1) is 18.2. The second kappa shape index (κ2) is 11.5. The number of halogens is 1. The van der Waals surface area contributed by atoms with Gasteiger partial charge in [0.1, 0.15) is 18.1 Å². The number of carbonyl (C=O) groups is 1. The normalized spacial score (nSPS) is 10.9. The lowest BCUT2D eigenvalue weighted by molar-refractivity contribution is 0.0955. The summed E-state index contributed by atoms with van der Waals surface area (Å²) in [6, 6.07) is 34.8. The van der Waals surface area contributed by atoms with Crippen LogP contribution in [0.15, 0.2) is 125 Å². The van der Waals surface area contributed by atoms with E-state index in [1.807, 2.05) is 97.2 Å². The number of hydrazone groups is 1. The molecule has 0 aliphatic rings.